The van der Waals surface area contributed by atoms with Crippen LogP contribution in [0, 0.1) is 6.42 Å². The monoisotopic (exact) mass is 185 g/mol. The predicted molar refractivity (Wildman–Crippen MR) is 55.2 cm³/mol. The fourth-order valence-corrected chi connectivity index (χ4v) is 2.15. The molecule has 0 atom stereocenters. The van der Waals surface area contributed by atoms with Crippen LogP contribution in [0.5, 0.6) is 5.75 Å². The zero-order valence-electron chi connectivity index (χ0n) is 7.80. The summed E-state index contributed by atoms with van der Waals surface area (Å²) in [6.45, 7) is 0. The zero-order valence-corrected chi connectivity index (χ0v) is 7.80. The largest absolute Gasteiger partial charge is 0.506 e. The molecule has 0 unspecified atom stereocenters. The van der Waals surface area contributed by atoms with Gasteiger partial charge in [0.05, 0.1) is 5.52 Å². The van der Waals surface area contributed by atoms with Gasteiger partial charge in [0.1, 0.15) is 5.75 Å². The van der Waals surface area contributed by atoms with Crippen molar-refractivity contribution in [2.45, 2.75) is 19.3 Å². The van der Waals surface area contributed by atoms with Gasteiger partial charge in [-0.2, -0.15) is 0 Å². The number of aromatic amines is 1. The van der Waals surface area contributed by atoms with Crippen molar-refractivity contribution in [1.29, 1.82) is 0 Å². The molecule has 70 valence electrons. The summed E-state index contributed by atoms with van der Waals surface area (Å²) in [5.41, 5.74) is 3.45. The Hall–Kier alpha value is -1.44. The van der Waals surface area contributed by atoms with Crippen LogP contribution in [-0.2, 0) is 12.8 Å². The van der Waals surface area contributed by atoms with E-state index in [0.29, 0.717) is 5.75 Å². The standard InChI is InChI=1S/C12H11NO/c14-11-7-3-5-9-8-4-1-2-6-10(8)13-12(9)11/h3,5,7,13-14H,2,4,6H2. The molecule has 2 aromatic rings. The molecule has 0 spiro atoms. The second kappa shape index (κ2) is 2.77. The van der Waals surface area contributed by atoms with Crippen molar-refractivity contribution in [3.63, 3.8) is 0 Å². The number of para-hydroxylation sites is 1. The van der Waals surface area contributed by atoms with Gasteiger partial charge in [-0.25, -0.2) is 0 Å². The van der Waals surface area contributed by atoms with Crippen LogP contribution in [0.25, 0.3) is 10.9 Å². The van der Waals surface area contributed by atoms with Crippen LogP contribution in [0.4, 0.5) is 0 Å². The van der Waals surface area contributed by atoms with Gasteiger partial charge < -0.3 is 10.1 Å². The highest BCUT2D eigenvalue weighted by Gasteiger charge is 2.16. The Kier molecular flexibility index (Phi) is 1.57. The molecule has 0 aliphatic heterocycles. The minimum atomic E-state index is 0.344. The molecule has 1 aromatic heterocycles. The molecule has 1 aliphatic carbocycles. The Bertz CT molecular complexity index is 484. The van der Waals surface area contributed by atoms with Gasteiger partial charge in [0.2, 0.25) is 0 Å². The molecule has 0 bridgehead atoms. The predicted octanol–water partition coefficient (Wildman–Crippen LogP) is 2.44. The number of hydrogen-bond acceptors (Lipinski definition) is 1. The average Bonchev–Trinajstić information content (AvgIpc) is 2.59. The Morgan fingerprint density at radius 1 is 1.36 bits per heavy atom. The second-order valence-corrected chi connectivity index (χ2v) is 3.71. The minimum absolute atomic E-state index is 0.344. The summed E-state index contributed by atoms with van der Waals surface area (Å²) in [5, 5.41) is 10.8. The van der Waals surface area contributed by atoms with Crippen molar-refractivity contribution in [1.82, 2.24) is 4.98 Å². The van der Waals surface area contributed by atoms with Crippen molar-refractivity contribution in [2.24, 2.45) is 0 Å². The fourth-order valence-electron chi connectivity index (χ4n) is 2.15. The quantitative estimate of drug-likeness (QED) is 0.649. The summed E-state index contributed by atoms with van der Waals surface area (Å²) in [6, 6.07) is 5.66. The molecule has 2 nitrogen and oxygen atoms in total. The molecule has 2 N–H and O–H groups in total. The SMILES string of the molecule is Oc1cccc2c3c([nH]c12)CC[C]C3. The number of hydrogen-bond donors (Lipinski definition) is 2. The van der Waals surface area contributed by atoms with Crippen LogP contribution < -0.4 is 0 Å². The van der Waals surface area contributed by atoms with E-state index in [4.69, 9.17) is 0 Å². The van der Waals surface area contributed by atoms with E-state index in [1.165, 1.54) is 11.3 Å². The first kappa shape index (κ1) is 7.92. The van der Waals surface area contributed by atoms with Crippen LogP contribution in [0.1, 0.15) is 17.7 Å². The highest BCUT2D eigenvalue weighted by Crippen LogP contribution is 2.32. The topological polar surface area (TPSA) is 36.0 Å². The van der Waals surface area contributed by atoms with Gasteiger partial charge in [0, 0.05) is 11.1 Å². The number of aryl methyl sites for hydroxylation is 1. The van der Waals surface area contributed by atoms with Gasteiger partial charge in [-0.05, 0) is 37.3 Å². The number of H-pyrrole nitrogens is 1. The molecule has 1 heterocycles. The number of fused-ring (bicyclic) bond motifs is 3. The number of benzene rings is 1. The maximum Gasteiger partial charge on any atom is 0.139 e. The van der Waals surface area contributed by atoms with Crippen LogP contribution in [0.15, 0.2) is 18.2 Å². The Balaban J connectivity index is 2.36. The summed E-state index contributed by atoms with van der Waals surface area (Å²) in [5.74, 6) is 0.344. The Morgan fingerprint density at radius 3 is 3.21 bits per heavy atom. The fraction of sp³-hybridized carbons (Fsp3) is 0.250. The van der Waals surface area contributed by atoms with E-state index in [2.05, 4.69) is 17.5 Å². The molecular weight excluding hydrogens is 174 g/mol. The third-order valence-electron chi connectivity index (χ3n) is 2.86. The molecule has 2 heteroatoms. The third kappa shape index (κ3) is 0.969. The lowest BCUT2D eigenvalue weighted by atomic mass is 9.96. The number of nitrogens with one attached hydrogen (secondary N) is 1. The number of aromatic nitrogens is 1. The van der Waals surface area contributed by atoms with Crippen molar-refractivity contribution >= 4 is 10.9 Å². The summed E-state index contributed by atoms with van der Waals surface area (Å²) >= 11 is 0. The molecule has 1 aliphatic rings. The van der Waals surface area contributed by atoms with E-state index in [-0.39, 0.29) is 0 Å². The molecule has 0 amide bonds. The molecule has 14 heavy (non-hydrogen) atoms. The van der Waals surface area contributed by atoms with Gasteiger partial charge in [-0.1, -0.05) is 12.1 Å². The van der Waals surface area contributed by atoms with Crippen molar-refractivity contribution < 1.29 is 5.11 Å². The van der Waals surface area contributed by atoms with Gasteiger partial charge in [0.15, 0.2) is 0 Å². The van der Waals surface area contributed by atoms with Crippen LogP contribution in [-0.4, -0.2) is 10.1 Å². The highest BCUT2D eigenvalue weighted by atomic mass is 16.3. The van der Waals surface area contributed by atoms with Gasteiger partial charge in [-0.3, -0.25) is 0 Å². The maximum absolute atomic E-state index is 9.67. The van der Waals surface area contributed by atoms with E-state index >= 15 is 0 Å². The highest BCUT2D eigenvalue weighted by molar-refractivity contribution is 5.89. The van der Waals surface area contributed by atoms with E-state index < -0.39 is 0 Å². The number of rotatable bonds is 0. The van der Waals surface area contributed by atoms with Gasteiger partial charge in [-0.15, -0.1) is 0 Å². The average molecular weight is 185 g/mol. The van der Waals surface area contributed by atoms with Gasteiger partial charge in [0.25, 0.3) is 0 Å². The number of phenols is 1. The number of phenolic OH excluding ortho intramolecular Hbond substituents is 1. The third-order valence-corrected chi connectivity index (χ3v) is 2.86. The first-order valence-corrected chi connectivity index (χ1v) is 4.88. The van der Waals surface area contributed by atoms with Crippen molar-refractivity contribution in [3.05, 3.63) is 35.9 Å². The van der Waals surface area contributed by atoms with Crippen LogP contribution >= 0.6 is 0 Å². The molecular formula is C12H11NO. The van der Waals surface area contributed by atoms with E-state index in [1.54, 1.807) is 6.07 Å². The first-order chi connectivity index (χ1) is 6.86. The molecule has 3 rings (SSSR count). The van der Waals surface area contributed by atoms with Crippen molar-refractivity contribution in [2.75, 3.05) is 0 Å². The summed E-state index contributed by atoms with van der Waals surface area (Å²) in [6.07, 6.45) is 6.27. The molecule has 2 radical (unpaired) electrons. The Labute approximate surface area is 82.6 Å². The molecule has 0 fully saturated rings. The van der Waals surface area contributed by atoms with E-state index in [9.17, 15) is 5.11 Å². The normalized spacial score (nSPS) is 15.7. The lowest BCUT2D eigenvalue weighted by Gasteiger charge is -2.09. The lowest BCUT2D eigenvalue weighted by molar-refractivity contribution is 0.480. The first-order valence-electron chi connectivity index (χ1n) is 4.88. The minimum Gasteiger partial charge on any atom is -0.506 e. The van der Waals surface area contributed by atoms with Crippen LogP contribution in [0.3, 0.4) is 0 Å². The molecule has 0 saturated carbocycles. The second-order valence-electron chi connectivity index (χ2n) is 3.71. The number of aromatic hydroxyl groups is 1. The summed E-state index contributed by atoms with van der Waals surface area (Å²) < 4.78 is 0. The van der Waals surface area contributed by atoms with Crippen LogP contribution in [0.2, 0.25) is 0 Å². The smallest absolute Gasteiger partial charge is 0.139 e. The van der Waals surface area contributed by atoms with E-state index in [0.717, 1.165) is 30.2 Å². The zero-order chi connectivity index (χ0) is 9.54. The Morgan fingerprint density at radius 2 is 2.29 bits per heavy atom. The summed E-state index contributed by atoms with van der Waals surface area (Å²) in [7, 11) is 0. The van der Waals surface area contributed by atoms with E-state index in [1.807, 2.05) is 6.07 Å². The molecule has 0 saturated heterocycles. The summed E-state index contributed by atoms with van der Waals surface area (Å²) in [4.78, 5) is 3.29. The lowest BCUT2D eigenvalue weighted by Crippen LogP contribution is -2.00. The maximum atomic E-state index is 9.67. The van der Waals surface area contributed by atoms with Gasteiger partial charge >= 0.3 is 0 Å². The van der Waals surface area contributed by atoms with Crippen molar-refractivity contribution in [3.8, 4) is 5.75 Å². The molecule has 1 aromatic carbocycles.